The third-order valence-electron chi connectivity index (χ3n) is 2.68. The number of anilines is 1. The Morgan fingerprint density at radius 1 is 1.32 bits per heavy atom. The van der Waals surface area contributed by atoms with Crippen molar-refractivity contribution in [1.82, 2.24) is 25.9 Å². The first kappa shape index (κ1) is 18.2. The van der Waals surface area contributed by atoms with Crippen molar-refractivity contribution in [2.24, 2.45) is 0 Å². The Balaban J connectivity index is 1.89. The number of nitrogens with zero attached hydrogens (tertiary/aromatic N) is 3. The Kier molecular flexibility index (Phi) is 5.52. The Morgan fingerprint density at radius 2 is 2.08 bits per heavy atom. The van der Waals surface area contributed by atoms with Crippen LogP contribution >= 0.6 is 0 Å². The van der Waals surface area contributed by atoms with E-state index in [0.717, 1.165) is 0 Å². The minimum Gasteiger partial charge on any atom is -0.444 e. The molecule has 0 aliphatic heterocycles. The van der Waals surface area contributed by atoms with Gasteiger partial charge in [0.1, 0.15) is 12.1 Å². The number of carbonyl (C=O) groups is 2. The van der Waals surface area contributed by atoms with Gasteiger partial charge in [0.15, 0.2) is 11.6 Å². The highest BCUT2D eigenvalue weighted by Gasteiger charge is 2.17. The van der Waals surface area contributed by atoms with E-state index in [1.807, 2.05) is 0 Å². The summed E-state index contributed by atoms with van der Waals surface area (Å²) < 4.78 is 10.1. The molecule has 0 aliphatic rings. The first-order valence-corrected chi connectivity index (χ1v) is 7.52. The fourth-order valence-electron chi connectivity index (χ4n) is 1.72. The summed E-state index contributed by atoms with van der Waals surface area (Å²) in [6.45, 7) is 6.63. The SMILES string of the molecule is Cc1noc(-c2cccnc2NNC(=O)CNC(=O)OC(C)(C)C)n1. The van der Waals surface area contributed by atoms with Crippen molar-refractivity contribution in [3.63, 3.8) is 0 Å². The smallest absolute Gasteiger partial charge is 0.408 e. The van der Waals surface area contributed by atoms with Gasteiger partial charge in [-0.15, -0.1) is 0 Å². The molecule has 0 saturated carbocycles. The van der Waals surface area contributed by atoms with Crippen molar-refractivity contribution in [2.75, 3.05) is 12.0 Å². The maximum atomic E-state index is 11.8. The van der Waals surface area contributed by atoms with Crippen molar-refractivity contribution in [3.05, 3.63) is 24.2 Å². The van der Waals surface area contributed by atoms with E-state index in [1.54, 1.807) is 46.0 Å². The second-order valence-corrected chi connectivity index (χ2v) is 6.07. The highest BCUT2D eigenvalue weighted by atomic mass is 16.6. The van der Waals surface area contributed by atoms with Gasteiger partial charge < -0.3 is 14.6 Å². The third kappa shape index (κ3) is 5.75. The summed E-state index contributed by atoms with van der Waals surface area (Å²) in [6.07, 6.45) is 0.864. The average Bonchev–Trinajstić information content (AvgIpc) is 2.96. The van der Waals surface area contributed by atoms with Crippen LogP contribution in [0.25, 0.3) is 11.5 Å². The lowest BCUT2D eigenvalue weighted by molar-refractivity contribution is -0.119. The molecule has 25 heavy (non-hydrogen) atoms. The maximum Gasteiger partial charge on any atom is 0.408 e. The zero-order valence-electron chi connectivity index (χ0n) is 14.4. The van der Waals surface area contributed by atoms with Crippen LogP contribution in [0.5, 0.6) is 0 Å². The lowest BCUT2D eigenvalue weighted by atomic mass is 10.2. The van der Waals surface area contributed by atoms with Gasteiger partial charge in [-0.05, 0) is 39.8 Å². The van der Waals surface area contributed by atoms with Gasteiger partial charge >= 0.3 is 6.09 Å². The Bertz CT molecular complexity index is 752. The van der Waals surface area contributed by atoms with Crippen LogP contribution in [0, 0.1) is 6.92 Å². The third-order valence-corrected chi connectivity index (χ3v) is 2.68. The van der Waals surface area contributed by atoms with Crippen molar-refractivity contribution in [3.8, 4) is 11.5 Å². The number of aryl methyl sites for hydroxylation is 1. The van der Waals surface area contributed by atoms with Gasteiger partial charge in [-0.25, -0.2) is 9.78 Å². The van der Waals surface area contributed by atoms with Crippen LogP contribution in [0.2, 0.25) is 0 Å². The van der Waals surface area contributed by atoms with E-state index < -0.39 is 17.6 Å². The first-order valence-electron chi connectivity index (χ1n) is 7.52. The van der Waals surface area contributed by atoms with Crippen LogP contribution < -0.4 is 16.2 Å². The number of amides is 2. The number of aromatic nitrogens is 3. The zero-order valence-corrected chi connectivity index (χ0v) is 14.4. The lowest BCUT2D eigenvalue weighted by Crippen LogP contribution is -2.41. The topological polar surface area (TPSA) is 131 Å². The molecule has 2 heterocycles. The first-order chi connectivity index (χ1) is 11.7. The fourth-order valence-corrected chi connectivity index (χ4v) is 1.72. The van der Waals surface area contributed by atoms with E-state index in [0.29, 0.717) is 17.2 Å². The molecule has 2 aromatic heterocycles. The van der Waals surface area contributed by atoms with Gasteiger partial charge in [-0.3, -0.25) is 15.6 Å². The second-order valence-electron chi connectivity index (χ2n) is 6.07. The highest BCUT2D eigenvalue weighted by molar-refractivity contribution is 5.83. The summed E-state index contributed by atoms with van der Waals surface area (Å²) >= 11 is 0. The molecule has 3 N–H and O–H groups in total. The average molecular weight is 348 g/mol. The zero-order chi connectivity index (χ0) is 18.4. The largest absolute Gasteiger partial charge is 0.444 e. The lowest BCUT2D eigenvalue weighted by Gasteiger charge is -2.19. The maximum absolute atomic E-state index is 11.8. The van der Waals surface area contributed by atoms with E-state index in [2.05, 4.69) is 31.3 Å². The predicted molar refractivity (Wildman–Crippen MR) is 88.3 cm³/mol. The highest BCUT2D eigenvalue weighted by Crippen LogP contribution is 2.23. The molecular formula is C15H20N6O4. The number of carbonyl (C=O) groups excluding carboxylic acids is 2. The van der Waals surface area contributed by atoms with Crippen molar-refractivity contribution < 1.29 is 18.8 Å². The minimum atomic E-state index is -0.678. The molecule has 0 aliphatic carbocycles. The van der Waals surface area contributed by atoms with E-state index >= 15 is 0 Å². The van der Waals surface area contributed by atoms with Crippen LogP contribution in [-0.4, -0.2) is 39.3 Å². The molecule has 0 fully saturated rings. The van der Waals surface area contributed by atoms with E-state index in [4.69, 9.17) is 9.26 Å². The fraction of sp³-hybridized carbons (Fsp3) is 0.400. The number of hydrogen-bond acceptors (Lipinski definition) is 8. The molecule has 2 amide bonds. The summed E-state index contributed by atoms with van der Waals surface area (Å²) in [4.78, 5) is 31.6. The van der Waals surface area contributed by atoms with Gasteiger partial charge in [-0.2, -0.15) is 4.98 Å². The number of hydrazine groups is 1. The molecule has 10 nitrogen and oxygen atoms in total. The Hall–Kier alpha value is -3.17. The van der Waals surface area contributed by atoms with Gasteiger partial charge in [0, 0.05) is 6.20 Å². The number of pyridine rings is 1. The van der Waals surface area contributed by atoms with Crippen LogP contribution in [-0.2, 0) is 9.53 Å². The predicted octanol–water partition coefficient (Wildman–Crippen LogP) is 1.41. The molecule has 0 atom stereocenters. The molecule has 2 rings (SSSR count). The van der Waals surface area contributed by atoms with Crippen LogP contribution in [0.15, 0.2) is 22.9 Å². The van der Waals surface area contributed by atoms with Crippen LogP contribution in [0.3, 0.4) is 0 Å². The molecule has 10 heteroatoms. The number of ether oxygens (including phenoxy) is 1. The number of rotatable bonds is 5. The van der Waals surface area contributed by atoms with E-state index in [1.165, 1.54) is 0 Å². The summed E-state index contributed by atoms with van der Waals surface area (Å²) in [5, 5.41) is 6.07. The summed E-state index contributed by atoms with van der Waals surface area (Å²) in [5.74, 6) is 0.602. The van der Waals surface area contributed by atoms with E-state index in [-0.39, 0.29) is 12.4 Å². The number of alkyl carbamates (subject to hydrolysis) is 1. The number of hydrogen-bond donors (Lipinski definition) is 3. The van der Waals surface area contributed by atoms with Gasteiger partial charge in [-0.1, -0.05) is 5.16 Å². The minimum absolute atomic E-state index is 0.260. The Labute approximate surface area is 144 Å². The van der Waals surface area contributed by atoms with Gasteiger partial charge in [0.2, 0.25) is 0 Å². The van der Waals surface area contributed by atoms with Crippen LogP contribution in [0.4, 0.5) is 10.6 Å². The Morgan fingerprint density at radius 3 is 2.72 bits per heavy atom. The molecule has 0 saturated heterocycles. The molecule has 0 radical (unpaired) electrons. The molecular weight excluding hydrogens is 328 g/mol. The summed E-state index contributed by atoms with van der Waals surface area (Å²) in [5.41, 5.74) is 4.98. The van der Waals surface area contributed by atoms with Gasteiger partial charge in [0.25, 0.3) is 11.8 Å². The molecule has 0 spiro atoms. The molecule has 0 bridgehead atoms. The molecule has 2 aromatic rings. The summed E-state index contributed by atoms with van der Waals surface area (Å²) in [7, 11) is 0. The normalized spacial score (nSPS) is 10.9. The quantitative estimate of drug-likeness (QED) is 0.691. The van der Waals surface area contributed by atoms with Crippen molar-refractivity contribution in [2.45, 2.75) is 33.3 Å². The molecule has 0 aromatic carbocycles. The van der Waals surface area contributed by atoms with E-state index in [9.17, 15) is 9.59 Å². The van der Waals surface area contributed by atoms with Crippen LogP contribution in [0.1, 0.15) is 26.6 Å². The molecule has 0 unspecified atom stereocenters. The molecule has 134 valence electrons. The second kappa shape index (κ2) is 7.60. The van der Waals surface area contributed by atoms with Crippen molar-refractivity contribution in [1.29, 1.82) is 0 Å². The monoisotopic (exact) mass is 348 g/mol. The summed E-state index contributed by atoms with van der Waals surface area (Å²) in [6, 6.07) is 3.42. The number of nitrogens with one attached hydrogen (secondary N) is 3. The standard InChI is InChI=1S/C15H20N6O4/c1-9-18-13(25-21-9)10-6-5-7-16-12(10)20-19-11(22)8-17-14(23)24-15(2,3)4/h5-7H,8H2,1-4H3,(H,16,20)(H,17,23)(H,19,22). The van der Waals surface area contributed by atoms with Crippen molar-refractivity contribution >= 4 is 17.8 Å². The van der Waals surface area contributed by atoms with Gasteiger partial charge in [0.05, 0.1) is 5.56 Å².